The van der Waals surface area contributed by atoms with E-state index in [1.165, 1.54) is 0 Å². The lowest BCUT2D eigenvalue weighted by Crippen LogP contribution is -2.42. The Hall–Kier alpha value is -2.67. The summed E-state index contributed by atoms with van der Waals surface area (Å²) in [6.07, 6.45) is 0.419. The van der Waals surface area contributed by atoms with Crippen molar-refractivity contribution in [1.29, 1.82) is 0 Å². The van der Waals surface area contributed by atoms with Crippen molar-refractivity contribution in [2.45, 2.75) is 25.4 Å². The number of nitrogens with one attached hydrogen (secondary N) is 3. The van der Waals surface area contributed by atoms with Crippen LogP contribution in [0.1, 0.15) is 28.1 Å². The Morgan fingerprint density at radius 1 is 1.17 bits per heavy atom. The van der Waals surface area contributed by atoms with Crippen LogP contribution in [0.5, 0.6) is 0 Å². The summed E-state index contributed by atoms with van der Waals surface area (Å²) in [5.41, 5.74) is 0.917. The number of carbonyl (C=O) groups is 3. The summed E-state index contributed by atoms with van der Waals surface area (Å²) in [5.74, 6) is -0.764. The van der Waals surface area contributed by atoms with E-state index in [0.717, 1.165) is 4.88 Å². The number of amides is 3. The van der Waals surface area contributed by atoms with Gasteiger partial charge in [0.25, 0.3) is 5.91 Å². The van der Waals surface area contributed by atoms with Gasteiger partial charge in [0.05, 0.1) is 17.8 Å². The van der Waals surface area contributed by atoms with Crippen LogP contribution in [0.2, 0.25) is 0 Å². The first-order valence-corrected chi connectivity index (χ1v) is 8.51. The van der Waals surface area contributed by atoms with Crippen molar-refractivity contribution >= 4 is 34.7 Å². The molecule has 7 heteroatoms. The molecular weight excluding hydrogens is 326 g/mol. The van der Waals surface area contributed by atoms with E-state index >= 15 is 0 Å². The topological polar surface area (TPSA) is 87.3 Å². The quantitative estimate of drug-likeness (QED) is 0.775. The van der Waals surface area contributed by atoms with Gasteiger partial charge in [-0.15, -0.1) is 11.3 Å². The highest BCUT2D eigenvalue weighted by Crippen LogP contribution is 2.19. The minimum Gasteiger partial charge on any atom is -0.351 e. The Balaban J connectivity index is 1.55. The molecule has 1 aromatic heterocycles. The SMILES string of the molecule is O=C(CCC1NC(=O)c2ccccc2NC1=O)NCc1cccs1. The number of hydrogen-bond acceptors (Lipinski definition) is 4. The van der Waals surface area contributed by atoms with Gasteiger partial charge in [0.1, 0.15) is 6.04 Å². The summed E-state index contributed by atoms with van der Waals surface area (Å²) in [4.78, 5) is 37.4. The van der Waals surface area contributed by atoms with Crippen molar-refractivity contribution < 1.29 is 14.4 Å². The molecule has 0 bridgehead atoms. The van der Waals surface area contributed by atoms with Gasteiger partial charge in [-0.05, 0) is 30.0 Å². The van der Waals surface area contributed by atoms with Crippen LogP contribution in [0.25, 0.3) is 0 Å². The summed E-state index contributed by atoms with van der Waals surface area (Å²) >= 11 is 1.57. The van der Waals surface area contributed by atoms with Crippen molar-refractivity contribution in [1.82, 2.24) is 10.6 Å². The fraction of sp³-hybridized carbons (Fsp3) is 0.235. The van der Waals surface area contributed by atoms with Gasteiger partial charge in [-0.3, -0.25) is 14.4 Å². The monoisotopic (exact) mass is 343 g/mol. The number of carbonyl (C=O) groups excluding carboxylic acids is 3. The molecule has 1 aliphatic rings. The van der Waals surface area contributed by atoms with Gasteiger partial charge >= 0.3 is 0 Å². The van der Waals surface area contributed by atoms with Crippen LogP contribution in [0.4, 0.5) is 5.69 Å². The van der Waals surface area contributed by atoms with Crippen molar-refractivity contribution in [2.24, 2.45) is 0 Å². The molecule has 124 valence electrons. The molecule has 2 heterocycles. The van der Waals surface area contributed by atoms with Gasteiger partial charge in [-0.1, -0.05) is 18.2 Å². The second-order valence-electron chi connectivity index (χ2n) is 5.46. The molecule has 3 rings (SSSR count). The predicted octanol–water partition coefficient (Wildman–Crippen LogP) is 1.90. The fourth-order valence-corrected chi connectivity index (χ4v) is 3.12. The molecule has 24 heavy (non-hydrogen) atoms. The summed E-state index contributed by atoms with van der Waals surface area (Å²) in [6.45, 7) is 0.477. The summed E-state index contributed by atoms with van der Waals surface area (Å²) in [7, 11) is 0. The van der Waals surface area contributed by atoms with E-state index in [1.54, 1.807) is 35.6 Å². The number of benzene rings is 1. The zero-order chi connectivity index (χ0) is 16.9. The molecule has 2 aromatic rings. The van der Waals surface area contributed by atoms with Gasteiger partial charge in [0.2, 0.25) is 11.8 Å². The van der Waals surface area contributed by atoms with E-state index in [4.69, 9.17) is 0 Å². The highest BCUT2D eigenvalue weighted by molar-refractivity contribution is 7.09. The number of anilines is 1. The average Bonchev–Trinajstić information content (AvgIpc) is 3.06. The molecule has 0 radical (unpaired) electrons. The van der Waals surface area contributed by atoms with Crippen LogP contribution in [0.15, 0.2) is 41.8 Å². The smallest absolute Gasteiger partial charge is 0.254 e. The Morgan fingerprint density at radius 3 is 2.79 bits per heavy atom. The van der Waals surface area contributed by atoms with Crippen molar-refractivity contribution in [3.05, 3.63) is 52.2 Å². The number of thiophene rings is 1. The summed E-state index contributed by atoms with van der Waals surface area (Å²) in [5, 5.41) is 10.2. The lowest BCUT2D eigenvalue weighted by Gasteiger charge is -2.14. The first kappa shape index (κ1) is 16.2. The number of hydrogen-bond donors (Lipinski definition) is 3. The largest absolute Gasteiger partial charge is 0.351 e. The molecule has 3 N–H and O–H groups in total. The highest BCUT2D eigenvalue weighted by Gasteiger charge is 2.27. The second-order valence-corrected chi connectivity index (χ2v) is 6.49. The first-order chi connectivity index (χ1) is 11.6. The second kappa shape index (κ2) is 7.27. The third-order valence-corrected chi connectivity index (χ3v) is 4.63. The molecule has 6 nitrogen and oxygen atoms in total. The summed E-state index contributed by atoms with van der Waals surface area (Å²) in [6, 6.07) is 9.98. The molecule has 1 atom stereocenters. The molecule has 1 aromatic carbocycles. The molecule has 1 unspecified atom stereocenters. The van der Waals surface area contributed by atoms with Crippen LogP contribution >= 0.6 is 11.3 Å². The van der Waals surface area contributed by atoms with Crippen LogP contribution in [-0.2, 0) is 16.1 Å². The summed E-state index contributed by atoms with van der Waals surface area (Å²) < 4.78 is 0. The minimum absolute atomic E-state index is 0.146. The number of fused-ring (bicyclic) bond motifs is 1. The molecule has 0 fully saturated rings. The van der Waals surface area contributed by atoms with Crippen molar-refractivity contribution in [3.63, 3.8) is 0 Å². The van der Waals surface area contributed by atoms with Crippen LogP contribution in [-0.4, -0.2) is 23.8 Å². The zero-order valence-electron chi connectivity index (χ0n) is 12.9. The third-order valence-electron chi connectivity index (χ3n) is 3.75. The average molecular weight is 343 g/mol. The minimum atomic E-state index is -0.725. The van der Waals surface area contributed by atoms with Gasteiger partial charge < -0.3 is 16.0 Å². The van der Waals surface area contributed by atoms with Gasteiger partial charge in [-0.2, -0.15) is 0 Å². The van der Waals surface area contributed by atoms with Crippen LogP contribution in [0.3, 0.4) is 0 Å². The maximum absolute atomic E-state index is 12.2. The highest BCUT2D eigenvalue weighted by atomic mass is 32.1. The number of para-hydroxylation sites is 1. The van der Waals surface area contributed by atoms with Crippen LogP contribution < -0.4 is 16.0 Å². The molecule has 0 saturated carbocycles. The van der Waals surface area contributed by atoms with Gasteiger partial charge in [0, 0.05) is 11.3 Å². The fourth-order valence-electron chi connectivity index (χ4n) is 2.48. The molecule has 3 amide bonds. The first-order valence-electron chi connectivity index (χ1n) is 7.63. The molecule has 0 spiro atoms. The van der Waals surface area contributed by atoms with E-state index < -0.39 is 6.04 Å². The maximum Gasteiger partial charge on any atom is 0.254 e. The van der Waals surface area contributed by atoms with Crippen molar-refractivity contribution in [2.75, 3.05) is 5.32 Å². The van der Waals surface area contributed by atoms with E-state index in [2.05, 4.69) is 16.0 Å². The Labute approximate surface area is 143 Å². The zero-order valence-corrected chi connectivity index (χ0v) is 13.7. The number of rotatable bonds is 5. The molecule has 1 aliphatic heterocycles. The van der Waals surface area contributed by atoms with Gasteiger partial charge in [-0.25, -0.2) is 0 Å². The van der Waals surface area contributed by atoms with E-state index in [1.807, 2.05) is 17.5 Å². The van der Waals surface area contributed by atoms with E-state index in [-0.39, 0.29) is 30.6 Å². The van der Waals surface area contributed by atoms with E-state index in [9.17, 15) is 14.4 Å². The van der Waals surface area contributed by atoms with Gasteiger partial charge in [0.15, 0.2) is 0 Å². The van der Waals surface area contributed by atoms with Crippen molar-refractivity contribution in [3.8, 4) is 0 Å². The lowest BCUT2D eigenvalue weighted by molar-refractivity contribution is -0.122. The Bertz CT molecular complexity index is 758. The van der Waals surface area contributed by atoms with E-state index in [0.29, 0.717) is 17.8 Å². The Kier molecular flexibility index (Phi) is 4.90. The molecule has 0 aliphatic carbocycles. The maximum atomic E-state index is 12.2. The standard InChI is InChI=1S/C17H17N3O3S/c21-15(18-10-11-4-3-9-24-11)8-7-14-17(23)19-13-6-2-1-5-12(13)16(22)20-14/h1-6,9,14H,7-8,10H2,(H,18,21)(H,19,23)(H,20,22). The molecular formula is C17H17N3O3S. The predicted molar refractivity (Wildman–Crippen MR) is 91.7 cm³/mol. The Morgan fingerprint density at radius 2 is 2.00 bits per heavy atom. The lowest BCUT2D eigenvalue weighted by atomic mass is 10.1. The molecule has 0 saturated heterocycles. The third kappa shape index (κ3) is 3.80. The van der Waals surface area contributed by atoms with Crippen LogP contribution in [0, 0.1) is 0 Å². The normalized spacial score (nSPS) is 16.6.